The Labute approximate surface area is 213 Å². The fourth-order valence-electron chi connectivity index (χ4n) is 4.10. The van der Waals surface area contributed by atoms with Crippen molar-refractivity contribution in [1.82, 2.24) is 4.98 Å². The maximum absolute atomic E-state index is 11.6. The molecular weight excluding hydrogens is 440 g/mol. The first-order valence-corrected chi connectivity index (χ1v) is 14.5. The van der Waals surface area contributed by atoms with E-state index in [9.17, 15) is 9.90 Å². The highest BCUT2D eigenvalue weighted by molar-refractivity contribution is 7.99. The highest BCUT2D eigenvalue weighted by Crippen LogP contribution is 2.22. The van der Waals surface area contributed by atoms with Gasteiger partial charge in [-0.3, -0.25) is 0 Å². The molecule has 0 saturated heterocycles. The standard InChI is InChI=1S/C29H50N2O2S/c1-22(2)10-7-11-23(3)12-8-13-24(4)14-9-15-25(5)18-19-34-21-27(29(32)33)31-28-17-16-26(6)20-30-28/h16-18,20,22-24,27H,7-15,19,21H2,1-6H3,(H,30,31)(H,32,33). The molecule has 0 radical (unpaired) electrons. The molecule has 0 aromatic carbocycles. The third-order valence-corrected chi connectivity index (χ3v) is 7.48. The van der Waals surface area contributed by atoms with Crippen molar-refractivity contribution in [2.75, 3.05) is 16.8 Å². The van der Waals surface area contributed by atoms with Crippen molar-refractivity contribution in [3.05, 3.63) is 35.5 Å². The van der Waals surface area contributed by atoms with Crippen LogP contribution in [0, 0.1) is 24.7 Å². The van der Waals surface area contributed by atoms with Crippen LogP contribution in [-0.2, 0) is 4.79 Å². The van der Waals surface area contributed by atoms with Crippen LogP contribution in [0.15, 0.2) is 30.0 Å². The fourth-order valence-corrected chi connectivity index (χ4v) is 5.10. The number of nitrogens with zero attached hydrogens (tertiary/aromatic N) is 1. The second-order valence-corrected chi connectivity index (χ2v) is 11.8. The summed E-state index contributed by atoms with van der Waals surface area (Å²) in [6.07, 6.45) is 15.9. The van der Waals surface area contributed by atoms with Gasteiger partial charge in [-0.15, -0.1) is 0 Å². The van der Waals surface area contributed by atoms with Crippen molar-refractivity contribution in [3.8, 4) is 0 Å². The van der Waals surface area contributed by atoms with Gasteiger partial charge >= 0.3 is 5.97 Å². The summed E-state index contributed by atoms with van der Waals surface area (Å²) in [5.41, 5.74) is 2.47. The smallest absolute Gasteiger partial charge is 0.327 e. The SMILES string of the molecule is CC(=CCSCC(Nc1ccc(C)cn1)C(=O)O)CCCC(C)CCCC(C)CCCC(C)C. The monoisotopic (exact) mass is 490 g/mol. The Balaban J connectivity index is 2.16. The first kappa shape index (κ1) is 30.5. The average Bonchev–Trinajstić information content (AvgIpc) is 2.76. The van der Waals surface area contributed by atoms with Crippen LogP contribution in [-0.4, -0.2) is 33.6 Å². The lowest BCUT2D eigenvalue weighted by atomic mass is 9.91. The molecule has 0 amide bonds. The third kappa shape index (κ3) is 15.4. The summed E-state index contributed by atoms with van der Waals surface area (Å²) in [7, 11) is 0. The molecule has 0 saturated carbocycles. The van der Waals surface area contributed by atoms with Crippen molar-refractivity contribution >= 4 is 23.5 Å². The minimum absolute atomic E-state index is 0.515. The number of aromatic nitrogens is 1. The number of aliphatic carboxylic acids is 1. The number of hydrogen-bond donors (Lipinski definition) is 2. The zero-order chi connectivity index (χ0) is 25.3. The molecule has 34 heavy (non-hydrogen) atoms. The van der Waals surface area contributed by atoms with E-state index < -0.39 is 12.0 Å². The van der Waals surface area contributed by atoms with Crippen LogP contribution in [0.3, 0.4) is 0 Å². The van der Waals surface area contributed by atoms with E-state index in [0.717, 1.165) is 35.5 Å². The lowest BCUT2D eigenvalue weighted by Crippen LogP contribution is -2.32. The summed E-state index contributed by atoms with van der Waals surface area (Å²) in [6, 6.07) is 3.13. The van der Waals surface area contributed by atoms with Gasteiger partial charge in [0.1, 0.15) is 11.9 Å². The Kier molecular flexibility index (Phi) is 16.1. The van der Waals surface area contributed by atoms with Crippen molar-refractivity contribution in [3.63, 3.8) is 0 Å². The Morgan fingerprint density at radius 1 is 1.03 bits per heavy atom. The molecule has 3 unspecified atom stereocenters. The molecule has 194 valence electrons. The Morgan fingerprint density at radius 3 is 2.21 bits per heavy atom. The van der Waals surface area contributed by atoms with Crippen molar-refractivity contribution in [2.24, 2.45) is 17.8 Å². The summed E-state index contributed by atoms with van der Waals surface area (Å²) in [6.45, 7) is 13.6. The van der Waals surface area contributed by atoms with Gasteiger partial charge in [-0.1, -0.05) is 90.4 Å². The van der Waals surface area contributed by atoms with Gasteiger partial charge in [-0.05, 0) is 56.1 Å². The van der Waals surface area contributed by atoms with E-state index in [1.165, 1.54) is 56.9 Å². The number of carboxylic acid groups (broad SMARTS) is 1. The lowest BCUT2D eigenvalue weighted by Gasteiger charge is -2.15. The Hall–Kier alpha value is -1.49. The van der Waals surface area contributed by atoms with Crippen molar-refractivity contribution in [2.45, 2.75) is 105 Å². The molecule has 1 aromatic rings. The summed E-state index contributed by atoms with van der Waals surface area (Å²) in [5, 5.41) is 12.5. The summed E-state index contributed by atoms with van der Waals surface area (Å²) >= 11 is 1.65. The molecule has 2 N–H and O–H groups in total. The van der Waals surface area contributed by atoms with E-state index in [0.29, 0.717) is 11.6 Å². The molecule has 0 bridgehead atoms. The lowest BCUT2D eigenvalue weighted by molar-refractivity contribution is -0.137. The van der Waals surface area contributed by atoms with E-state index in [2.05, 4.69) is 51.0 Å². The highest BCUT2D eigenvalue weighted by Gasteiger charge is 2.17. The predicted molar refractivity (Wildman–Crippen MR) is 150 cm³/mol. The zero-order valence-electron chi connectivity index (χ0n) is 22.6. The second-order valence-electron chi connectivity index (χ2n) is 10.7. The minimum Gasteiger partial charge on any atom is -0.480 e. The van der Waals surface area contributed by atoms with Crippen LogP contribution >= 0.6 is 11.8 Å². The first-order valence-electron chi connectivity index (χ1n) is 13.3. The summed E-state index contributed by atoms with van der Waals surface area (Å²) < 4.78 is 0. The number of carboxylic acids is 1. The Bertz CT molecular complexity index is 703. The average molecular weight is 491 g/mol. The van der Waals surface area contributed by atoms with E-state index >= 15 is 0 Å². The Morgan fingerprint density at radius 2 is 1.65 bits per heavy atom. The predicted octanol–water partition coefficient (Wildman–Crippen LogP) is 8.37. The molecule has 0 aliphatic carbocycles. The highest BCUT2D eigenvalue weighted by atomic mass is 32.2. The number of anilines is 1. The van der Waals surface area contributed by atoms with Gasteiger partial charge in [-0.25, -0.2) is 9.78 Å². The van der Waals surface area contributed by atoms with Gasteiger partial charge in [-0.2, -0.15) is 11.8 Å². The van der Waals surface area contributed by atoms with Crippen LogP contribution in [0.2, 0.25) is 0 Å². The maximum Gasteiger partial charge on any atom is 0.327 e. The number of aryl methyl sites for hydroxylation is 1. The number of hydrogen-bond acceptors (Lipinski definition) is 4. The van der Waals surface area contributed by atoms with Crippen molar-refractivity contribution in [1.29, 1.82) is 0 Å². The topological polar surface area (TPSA) is 62.2 Å². The molecule has 0 spiro atoms. The molecule has 1 aromatic heterocycles. The van der Waals surface area contributed by atoms with Gasteiger partial charge in [0.15, 0.2) is 0 Å². The third-order valence-electron chi connectivity index (χ3n) is 6.51. The number of nitrogens with one attached hydrogen (secondary N) is 1. The number of pyridine rings is 1. The number of rotatable bonds is 19. The molecule has 1 rings (SSSR count). The van der Waals surface area contributed by atoms with Crippen LogP contribution in [0.25, 0.3) is 0 Å². The van der Waals surface area contributed by atoms with Gasteiger partial charge in [0, 0.05) is 17.7 Å². The van der Waals surface area contributed by atoms with E-state index in [1.54, 1.807) is 18.0 Å². The minimum atomic E-state index is -0.838. The van der Waals surface area contributed by atoms with Crippen LogP contribution in [0.1, 0.15) is 98.0 Å². The molecule has 1 heterocycles. The van der Waals surface area contributed by atoms with Gasteiger partial charge in [0.05, 0.1) is 0 Å². The second kappa shape index (κ2) is 17.9. The summed E-state index contributed by atoms with van der Waals surface area (Å²) in [4.78, 5) is 15.8. The van der Waals surface area contributed by atoms with E-state index in [4.69, 9.17) is 0 Å². The first-order chi connectivity index (χ1) is 16.2. The molecular formula is C29H50N2O2S. The summed E-state index contributed by atoms with van der Waals surface area (Å²) in [5.74, 6) is 3.66. The van der Waals surface area contributed by atoms with Gasteiger partial charge in [0.25, 0.3) is 0 Å². The molecule has 0 aliphatic rings. The zero-order valence-corrected chi connectivity index (χ0v) is 23.4. The largest absolute Gasteiger partial charge is 0.480 e. The fraction of sp³-hybridized carbons (Fsp3) is 0.724. The number of allylic oxidation sites excluding steroid dienone is 1. The van der Waals surface area contributed by atoms with Crippen molar-refractivity contribution < 1.29 is 9.90 Å². The molecule has 3 atom stereocenters. The van der Waals surface area contributed by atoms with E-state index in [1.807, 2.05) is 19.1 Å². The van der Waals surface area contributed by atoms with Crippen LogP contribution in [0.4, 0.5) is 5.82 Å². The van der Waals surface area contributed by atoms with E-state index in [-0.39, 0.29) is 0 Å². The maximum atomic E-state index is 11.6. The van der Waals surface area contributed by atoms with Crippen LogP contribution in [0.5, 0.6) is 0 Å². The normalized spacial score (nSPS) is 14.7. The quantitative estimate of drug-likeness (QED) is 0.151. The van der Waals surface area contributed by atoms with Gasteiger partial charge in [0.2, 0.25) is 0 Å². The molecule has 0 fully saturated rings. The molecule has 5 heteroatoms. The molecule has 0 aliphatic heterocycles. The van der Waals surface area contributed by atoms with Gasteiger partial charge < -0.3 is 10.4 Å². The number of thioether (sulfide) groups is 1. The number of carbonyl (C=O) groups is 1. The molecule has 4 nitrogen and oxygen atoms in total. The van der Waals surface area contributed by atoms with Crippen LogP contribution < -0.4 is 5.32 Å².